The number of nitrogens with zero attached hydrogens (tertiary/aromatic N) is 2. The molecule has 2 saturated carbocycles. The molecule has 3 rings (SSSR count). The zero-order valence-corrected chi connectivity index (χ0v) is 6.90. The summed E-state index contributed by atoms with van der Waals surface area (Å²) in [5.41, 5.74) is 1.32. The molecule has 1 aromatic heterocycles. The van der Waals surface area contributed by atoms with Gasteiger partial charge in [0.15, 0.2) is 0 Å². The minimum atomic E-state index is 0.721. The van der Waals surface area contributed by atoms with Gasteiger partial charge in [-0.15, -0.1) is 0 Å². The smallest absolute Gasteiger partial charge is 0.115 e. The summed E-state index contributed by atoms with van der Waals surface area (Å²) in [7, 11) is 0. The Bertz CT molecular complexity index is 279. The van der Waals surface area contributed by atoms with E-state index in [1.165, 1.54) is 24.8 Å². The van der Waals surface area contributed by atoms with Gasteiger partial charge in [0, 0.05) is 12.4 Å². The predicted molar refractivity (Wildman–Crippen MR) is 45.4 cm³/mol. The lowest BCUT2D eigenvalue weighted by Gasteiger charge is -1.95. The molecular formula is C10H11N2. The molecule has 2 aliphatic carbocycles. The van der Waals surface area contributed by atoms with Gasteiger partial charge in [0.25, 0.3) is 0 Å². The van der Waals surface area contributed by atoms with Gasteiger partial charge in [-0.2, -0.15) is 0 Å². The normalized spacial score (nSPS) is 28.8. The standard InChI is InChI=1S/C10H11N2/c1-2-7(1)9-3-10(9)8-4-11-6-12-5-8/h4-7,10H,1-3H2. The van der Waals surface area contributed by atoms with E-state index < -0.39 is 0 Å². The van der Waals surface area contributed by atoms with Crippen molar-refractivity contribution < 1.29 is 0 Å². The van der Waals surface area contributed by atoms with E-state index in [0.717, 1.165) is 11.8 Å². The highest BCUT2D eigenvalue weighted by atomic mass is 14.8. The zero-order chi connectivity index (χ0) is 7.97. The van der Waals surface area contributed by atoms with Crippen molar-refractivity contribution in [1.29, 1.82) is 0 Å². The maximum absolute atomic E-state index is 4.04. The summed E-state index contributed by atoms with van der Waals surface area (Å²) in [6, 6.07) is 0. The molecule has 2 aliphatic rings. The Morgan fingerprint density at radius 2 is 1.92 bits per heavy atom. The lowest BCUT2D eigenvalue weighted by Crippen LogP contribution is -1.86. The fraction of sp³-hybridized carbons (Fsp3) is 0.500. The minimum absolute atomic E-state index is 0.721. The molecule has 1 radical (unpaired) electrons. The third-order valence-electron chi connectivity index (χ3n) is 2.81. The maximum atomic E-state index is 4.04. The van der Waals surface area contributed by atoms with E-state index in [-0.39, 0.29) is 0 Å². The number of rotatable bonds is 2. The molecule has 2 heteroatoms. The van der Waals surface area contributed by atoms with Gasteiger partial charge in [0.1, 0.15) is 6.33 Å². The van der Waals surface area contributed by atoms with Gasteiger partial charge < -0.3 is 0 Å². The molecule has 1 atom stereocenters. The van der Waals surface area contributed by atoms with Crippen molar-refractivity contribution in [2.75, 3.05) is 0 Å². The fourth-order valence-corrected chi connectivity index (χ4v) is 1.90. The first-order valence-corrected chi connectivity index (χ1v) is 4.55. The first-order valence-electron chi connectivity index (χ1n) is 4.55. The quantitative estimate of drug-likeness (QED) is 0.659. The van der Waals surface area contributed by atoms with E-state index in [1.807, 2.05) is 12.4 Å². The Morgan fingerprint density at radius 3 is 2.58 bits per heavy atom. The molecule has 1 unspecified atom stereocenters. The minimum Gasteiger partial charge on any atom is -0.245 e. The van der Waals surface area contributed by atoms with Crippen LogP contribution >= 0.6 is 0 Å². The lowest BCUT2D eigenvalue weighted by molar-refractivity contribution is 0.928. The second-order valence-corrected chi connectivity index (χ2v) is 3.78. The average Bonchev–Trinajstić information content (AvgIpc) is 2.99. The van der Waals surface area contributed by atoms with Crippen molar-refractivity contribution in [3.05, 3.63) is 30.2 Å². The summed E-state index contributed by atoms with van der Waals surface area (Å²) in [5, 5.41) is 0. The summed E-state index contributed by atoms with van der Waals surface area (Å²) < 4.78 is 0. The molecule has 0 spiro atoms. The Morgan fingerprint density at radius 1 is 1.17 bits per heavy atom. The molecule has 0 amide bonds. The third kappa shape index (κ3) is 1.02. The van der Waals surface area contributed by atoms with Crippen LogP contribution in [-0.2, 0) is 0 Å². The molecule has 0 aromatic carbocycles. The predicted octanol–water partition coefficient (Wildman–Crippen LogP) is 1.95. The molecule has 0 N–H and O–H groups in total. The Labute approximate surface area is 72.0 Å². The van der Waals surface area contributed by atoms with Crippen molar-refractivity contribution in [3.8, 4) is 0 Å². The molecule has 1 heterocycles. The first kappa shape index (κ1) is 6.58. The van der Waals surface area contributed by atoms with Crippen molar-refractivity contribution in [2.45, 2.75) is 25.2 Å². The summed E-state index contributed by atoms with van der Waals surface area (Å²) in [4.78, 5) is 8.07. The molecule has 0 aliphatic heterocycles. The summed E-state index contributed by atoms with van der Waals surface area (Å²) in [5.74, 6) is 3.44. The Balaban J connectivity index is 1.76. The maximum Gasteiger partial charge on any atom is 0.115 e. The largest absolute Gasteiger partial charge is 0.245 e. The topological polar surface area (TPSA) is 25.8 Å². The average molecular weight is 159 g/mol. The van der Waals surface area contributed by atoms with Gasteiger partial charge in [-0.05, 0) is 42.6 Å². The van der Waals surface area contributed by atoms with E-state index in [2.05, 4.69) is 9.97 Å². The van der Waals surface area contributed by atoms with Crippen LogP contribution in [0.2, 0.25) is 0 Å². The van der Waals surface area contributed by atoms with Crippen molar-refractivity contribution in [3.63, 3.8) is 0 Å². The van der Waals surface area contributed by atoms with Crippen LogP contribution in [-0.4, -0.2) is 9.97 Å². The van der Waals surface area contributed by atoms with Gasteiger partial charge >= 0.3 is 0 Å². The molecule has 61 valence electrons. The van der Waals surface area contributed by atoms with Crippen LogP contribution in [0.5, 0.6) is 0 Å². The van der Waals surface area contributed by atoms with Gasteiger partial charge in [0.05, 0.1) is 0 Å². The van der Waals surface area contributed by atoms with Gasteiger partial charge in [-0.3, -0.25) is 0 Å². The van der Waals surface area contributed by atoms with E-state index in [0.29, 0.717) is 0 Å². The van der Waals surface area contributed by atoms with Crippen molar-refractivity contribution in [2.24, 2.45) is 5.92 Å². The van der Waals surface area contributed by atoms with E-state index >= 15 is 0 Å². The molecule has 1 aromatic rings. The third-order valence-corrected chi connectivity index (χ3v) is 2.81. The van der Waals surface area contributed by atoms with Crippen LogP contribution in [0, 0.1) is 11.8 Å². The SMILES string of the molecule is c1ncc(C2C[C]2C2CC2)cn1. The van der Waals surface area contributed by atoms with Crippen molar-refractivity contribution in [1.82, 2.24) is 9.97 Å². The zero-order valence-electron chi connectivity index (χ0n) is 6.90. The Kier molecular flexibility index (Phi) is 1.25. The van der Waals surface area contributed by atoms with Crippen LogP contribution in [0.1, 0.15) is 30.7 Å². The van der Waals surface area contributed by atoms with Gasteiger partial charge in [-0.25, -0.2) is 9.97 Å². The number of hydrogen-bond donors (Lipinski definition) is 0. The molecular weight excluding hydrogens is 148 g/mol. The molecule has 2 fully saturated rings. The second-order valence-electron chi connectivity index (χ2n) is 3.78. The number of aromatic nitrogens is 2. The van der Waals surface area contributed by atoms with Crippen LogP contribution in [0.3, 0.4) is 0 Å². The monoisotopic (exact) mass is 159 g/mol. The molecule has 2 nitrogen and oxygen atoms in total. The van der Waals surface area contributed by atoms with Gasteiger partial charge in [-0.1, -0.05) is 0 Å². The van der Waals surface area contributed by atoms with Crippen LogP contribution in [0.25, 0.3) is 0 Å². The van der Waals surface area contributed by atoms with Crippen LogP contribution in [0.4, 0.5) is 0 Å². The summed E-state index contributed by atoms with van der Waals surface area (Å²) >= 11 is 0. The summed E-state index contributed by atoms with van der Waals surface area (Å²) in [6.45, 7) is 0. The Hall–Kier alpha value is -0.920. The van der Waals surface area contributed by atoms with E-state index in [9.17, 15) is 0 Å². The molecule has 0 bridgehead atoms. The number of hydrogen-bond acceptors (Lipinski definition) is 2. The van der Waals surface area contributed by atoms with E-state index in [1.54, 1.807) is 12.2 Å². The van der Waals surface area contributed by atoms with Crippen molar-refractivity contribution >= 4 is 0 Å². The lowest BCUT2D eigenvalue weighted by atomic mass is 10.1. The molecule has 0 saturated heterocycles. The highest BCUT2D eigenvalue weighted by Crippen LogP contribution is 2.60. The highest BCUT2D eigenvalue weighted by Gasteiger charge is 2.48. The van der Waals surface area contributed by atoms with Crippen LogP contribution in [0.15, 0.2) is 18.7 Å². The highest BCUT2D eigenvalue weighted by molar-refractivity contribution is 5.36. The van der Waals surface area contributed by atoms with E-state index in [4.69, 9.17) is 0 Å². The van der Waals surface area contributed by atoms with Gasteiger partial charge in [0.2, 0.25) is 0 Å². The summed E-state index contributed by atoms with van der Waals surface area (Å²) in [6.07, 6.45) is 9.67. The second kappa shape index (κ2) is 2.28. The fourth-order valence-electron chi connectivity index (χ4n) is 1.90. The molecule has 12 heavy (non-hydrogen) atoms. The first-order chi connectivity index (χ1) is 5.95. The van der Waals surface area contributed by atoms with Crippen LogP contribution < -0.4 is 0 Å².